The molecular formula is C16H26N2. The molecule has 2 heteroatoms. The maximum Gasteiger partial charge on any atom is 0.0229 e. The minimum absolute atomic E-state index is 0.213. The van der Waals surface area contributed by atoms with Crippen molar-refractivity contribution in [2.75, 3.05) is 13.1 Å². The monoisotopic (exact) mass is 246 g/mol. The largest absolute Gasteiger partial charge is 0.311 e. The standard InChI is InChI=1S/C16H26N2/c1-15(2,3)17-10-11-18-16(4)12-14(16)13-8-6-5-7-9-13/h5-9,14,17-18H,10-12H2,1-4H3/t14-,16+/m0/s1. The zero-order valence-corrected chi connectivity index (χ0v) is 12.1. The van der Waals surface area contributed by atoms with Crippen molar-refractivity contribution in [3.63, 3.8) is 0 Å². The second kappa shape index (κ2) is 5.02. The van der Waals surface area contributed by atoms with Crippen molar-refractivity contribution in [3.05, 3.63) is 35.9 Å². The van der Waals surface area contributed by atoms with Gasteiger partial charge < -0.3 is 10.6 Å². The Morgan fingerprint density at radius 3 is 2.44 bits per heavy atom. The van der Waals surface area contributed by atoms with Crippen molar-refractivity contribution in [1.82, 2.24) is 10.6 Å². The van der Waals surface area contributed by atoms with Gasteiger partial charge in [0.15, 0.2) is 0 Å². The minimum atomic E-state index is 0.213. The zero-order valence-electron chi connectivity index (χ0n) is 12.1. The van der Waals surface area contributed by atoms with E-state index in [1.165, 1.54) is 12.0 Å². The van der Waals surface area contributed by atoms with Crippen LogP contribution in [0.1, 0.15) is 45.6 Å². The van der Waals surface area contributed by atoms with Crippen LogP contribution in [-0.2, 0) is 0 Å². The van der Waals surface area contributed by atoms with Gasteiger partial charge in [0.1, 0.15) is 0 Å². The Morgan fingerprint density at radius 2 is 1.83 bits per heavy atom. The van der Waals surface area contributed by atoms with Gasteiger partial charge in [-0.1, -0.05) is 30.3 Å². The molecule has 0 saturated heterocycles. The van der Waals surface area contributed by atoms with Crippen molar-refractivity contribution in [2.24, 2.45) is 0 Å². The summed E-state index contributed by atoms with van der Waals surface area (Å²) in [6, 6.07) is 10.8. The molecule has 0 aromatic heterocycles. The smallest absolute Gasteiger partial charge is 0.0229 e. The molecule has 1 aromatic carbocycles. The van der Waals surface area contributed by atoms with Crippen LogP contribution in [0.2, 0.25) is 0 Å². The molecule has 1 aliphatic carbocycles. The van der Waals surface area contributed by atoms with Crippen LogP contribution in [0, 0.1) is 0 Å². The van der Waals surface area contributed by atoms with Crippen molar-refractivity contribution in [1.29, 1.82) is 0 Å². The van der Waals surface area contributed by atoms with Crippen molar-refractivity contribution >= 4 is 0 Å². The number of rotatable bonds is 5. The van der Waals surface area contributed by atoms with E-state index in [2.05, 4.69) is 68.7 Å². The minimum Gasteiger partial charge on any atom is -0.311 e. The number of benzene rings is 1. The molecular weight excluding hydrogens is 220 g/mol. The van der Waals surface area contributed by atoms with Crippen LogP contribution in [0.15, 0.2) is 30.3 Å². The molecule has 2 atom stereocenters. The highest BCUT2D eigenvalue weighted by Crippen LogP contribution is 2.50. The molecule has 0 bridgehead atoms. The Balaban J connectivity index is 1.75. The third-order valence-electron chi connectivity index (χ3n) is 3.75. The first kappa shape index (κ1) is 13.6. The van der Waals surface area contributed by atoms with E-state index in [9.17, 15) is 0 Å². The second-order valence-corrected chi connectivity index (χ2v) is 6.69. The predicted octanol–water partition coefficient (Wildman–Crippen LogP) is 2.91. The summed E-state index contributed by atoms with van der Waals surface area (Å²) in [6.45, 7) is 11.0. The van der Waals surface area contributed by atoms with Gasteiger partial charge in [-0.25, -0.2) is 0 Å². The van der Waals surface area contributed by atoms with Crippen LogP contribution in [0.25, 0.3) is 0 Å². The summed E-state index contributed by atoms with van der Waals surface area (Å²) in [7, 11) is 0. The maximum absolute atomic E-state index is 3.69. The number of hydrogen-bond donors (Lipinski definition) is 2. The van der Waals surface area contributed by atoms with Gasteiger partial charge in [-0.05, 0) is 39.7 Å². The van der Waals surface area contributed by atoms with E-state index >= 15 is 0 Å². The molecule has 18 heavy (non-hydrogen) atoms. The molecule has 0 unspecified atom stereocenters. The van der Waals surface area contributed by atoms with Gasteiger partial charge in [-0.3, -0.25) is 0 Å². The summed E-state index contributed by atoms with van der Waals surface area (Å²) in [6.07, 6.45) is 1.26. The Hall–Kier alpha value is -0.860. The van der Waals surface area contributed by atoms with Gasteiger partial charge in [-0.15, -0.1) is 0 Å². The topological polar surface area (TPSA) is 24.1 Å². The van der Waals surface area contributed by atoms with E-state index in [0.29, 0.717) is 11.5 Å². The van der Waals surface area contributed by atoms with E-state index in [0.717, 1.165) is 13.1 Å². The maximum atomic E-state index is 3.69. The molecule has 0 heterocycles. The molecule has 100 valence electrons. The van der Waals surface area contributed by atoms with Crippen LogP contribution in [-0.4, -0.2) is 24.2 Å². The zero-order chi connectivity index (χ0) is 13.2. The summed E-state index contributed by atoms with van der Waals surface area (Å²) in [5.74, 6) is 0.688. The van der Waals surface area contributed by atoms with Gasteiger partial charge >= 0.3 is 0 Å². The Kier molecular flexibility index (Phi) is 3.79. The molecule has 1 fully saturated rings. The highest BCUT2D eigenvalue weighted by molar-refractivity contribution is 5.32. The molecule has 0 spiro atoms. The fourth-order valence-corrected chi connectivity index (χ4v) is 2.52. The quantitative estimate of drug-likeness (QED) is 0.781. The summed E-state index contributed by atoms with van der Waals surface area (Å²) >= 11 is 0. The van der Waals surface area contributed by atoms with Crippen LogP contribution in [0.3, 0.4) is 0 Å². The van der Waals surface area contributed by atoms with Gasteiger partial charge in [-0.2, -0.15) is 0 Å². The third kappa shape index (κ3) is 3.56. The lowest BCUT2D eigenvalue weighted by atomic mass is 10.1. The molecule has 2 rings (SSSR count). The highest BCUT2D eigenvalue weighted by Gasteiger charge is 2.50. The van der Waals surface area contributed by atoms with Crippen LogP contribution in [0.4, 0.5) is 0 Å². The first-order valence-corrected chi connectivity index (χ1v) is 6.96. The molecule has 1 aromatic rings. The SMILES string of the molecule is CC(C)(C)NCCN[C@]1(C)C[C@H]1c1ccccc1. The Morgan fingerprint density at radius 1 is 1.17 bits per heavy atom. The van der Waals surface area contributed by atoms with Gasteiger partial charge in [0, 0.05) is 30.1 Å². The average molecular weight is 246 g/mol. The first-order chi connectivity index (χ1) is 8.41. The fourth-order valence-electron chi connectivity index (χ4n) is 2.52. The van der Waals surface area contributed by atoms with E-state index in [1.807, 2.05) is 0 Å². The average Bonchev–Trinajstić information content (AvgIpc) is 2.98. The van der Waals surface area contributed by atoms with Crippen LogP contribution >= 0.6 is 0 Å². The summed E-state index contributed by atoms with van der Waals surface area (Å²) in [4.78, 5) is 0. The Labute approximate surface area is 111 Å². The Bertz CT molecular complexity index is 380. The lowest BCUT2D eigenvalue weighted by Gasteiger charge is -2.22. The predicted molar refractivity (Wildman–Crippen MR) is 78.0 cm³/mol. The van der Waals surface area contributed by atoms with Crippen molar-refractivity contribution < 1.29 is 0 Å². The molecule has 1 saturated carbocycles. The second-order valence-electron chi connectivity index (χ2n) is 6.69. The molecule has 0 amide bonds. The third-order valence-corrected chi connectivity index (χ3v) is 3.75. The fraction of sp³-hybridized carbons (Fsp3) is 0.625. The van der Waals surface area contributed by atoms with Crippen LogP contribution < -0.4 is 10.6 Å². The van der Waals surface area contributed by atoms with E-state index in [-0.39, 0.29) is 5.54 Å². The first-order valence-electron chi connectivity index (χ1n) is 6.96. The summed E-state index contributed by atoms with van der Waals surface area (Å²) in [5, 5.41) is 7.21. The molecule has 0 radical (unpaired) electrons. The van der Waals surface area contributed by atoms with Crippen LogP contribution in [0.5, 0.6) is 0 Å². The lowest BCUT2D eigenvalue weighted by molar-refractivity contribution is 0.407. The number of hydrogen-bond acceptors (Lipinski definition) is 2. The van der Waals surface area contributed by atoms with Crippen molar-refractivity contribution in [2.45, 2.75) is 51.1 Å². The summed E-state index contributed by atoms with van der Waals surface area (Å²) in [5.41, 5.74) is 1.99. The molecule has 2 nitrogen and oxygen atoms in total. The van der Waals surface area contributed by atoms with Gasteiger partial charge in [0.2, 0.25) is 0 Å². The number of nitrogens with one attached hydrogen (secondary N) is 2. The molecule has 1 aliphatic rings. The van der Waals surface area contributed by atoms with E-state index in [4.69, 9.17) is 0 Å². The van der Waals surface area contributed by atoms with Gasteiger partial charge in [0.05, 0.1) is 0 Å². The van der Waals surface area contributed by atoms with E-state index in [1.54, 1.807) is 0 Å². The highest BCUT2D eigenvalue weighted by atomic mass is 15.1. The van der Waals surface area contributed by atoms with Crippen molar-refractivity contribution in [3.8, 4) is 0 Å². The normalized spacial score (nSPS) is 27.2. The van der Waals surface area contributed by atoms with E-state index < -0.39 is 0 Å². The van der Waals surface area contributed by atoms with Gasteiger partial charge in [0.25, 0.3) is 0 Å². The molecule has 2 N–H and O–H groups in total. The lowest BCUT2D eigenvalue weighted by Crippen LogP contribution is -2.42. The molecule has 0 aliphatic heterocycles. The summed E-state index contributed by atoms with van der Waals surface area (Å²) < 4.78 is 0.